The van der Waals surface area contributed by atoms with Crippen molar-refractivity contribution < 1.29 is 4.79 Å². The number of pyridine rings is 1. The van der Waals surface area contributed by atoms with Crippen LogP contribution in [-0.2, 0) is 25.3 Å². The van der Waals surface area contributed by atoms with E-state index in [0.29, 0.717) is 23.9 Å². The number of fused-ring (bicyclic) bond motifs is 1. The molecule has 1 atom stereocenters. The predicted octanol–water partition coefficient (Wildman–Crippen LogP) is 2.90. The lowest BCUT2D eigenvalue weighted by molar-refractivity contribution is -0.121. The average Bonchev–Trinajstić information content (AvgIpc) is 3.24. The summed E-state index contributed by atoms with van der Waals surface area (Å²) in [4.78, 5) is 43.3. The highest BCUT2D eigenvalue weighted by atomic mass is 32.1. The maximum absolute atomic E-state index is 12.7. The van der Waals surface area contributed by atoms with Crippen LogP contribution >= 0.6 is 11.3 Å². The van der Waals surface area contributed by atoms with Crippen molar-refractivity contribution in [3.8, 4) is 0 Å². The van der Waals surface area contributed by atoms with Crippen molar-refractivity contribution in [3.05, 3.63) is 60.0 Å². The van der Waals surface area contributed by atoms with Gasteiger partial charge >= 0.3 is 5.69 Å². The van der Waals surface area contributed by atoms with Crippen molar-refractivity contribution in [2.24, 2.45) is 14.1 Å². The average molecular weight is 429 g/mol. The molecule has 0 aliphatic rings. The van der Waals surface area contributed by atoms with E-state index in [1.165, 1.54) is 11.6 Å². The van der Waals surface area contributed by atoms with Crippen molar-refractivity contribution in [2.75, 3.05) is 0 Å². The van der Waals surface area contributed by atoms with Gasteiger partial charge in [-0.25, -0.2) is 9.78 Å². The summed E-state index contributed by atoms with van der Waals surface area (Å²) in [5, 5.41) is 5.60. The minimum Gasteiger partial charge on any atom is -0.348 e. The molecule has 0 saturated heterocycles. The summed E-state index contributed by atoms with van der Waals surface area (Å²) in [6.45, 7) is 5.82. The first-order valence-electron chi connectivity index (χ1n) is 10.1. The number of nitrogens with zero attached hydrogens (tertiary/aromatic N) is 3. The Bertz CT molecular complexity index is 1190. The third-order valence-electron chi connectivity index (χ3n) is 5.57. The number of hydrogen-bond donors (Lipinski definition) is 1. The molecule has 7 nitrogen and oxygen atoms in total. The normalized spacial score (nSPS) is 12.3. The number of carbonyl (C=O) groups is 1. The van der Waals surface area contributed by atoms with Crippen molar-refractivity contribution in [1.29, 1.82) is 0 Å². The molecule has 0 unspecified atom stereocenters. The summed E-state index contributed by atoms with van der Waals surface area (Å²) in [5.41, 5.74) is 2.03. The van der Waals surface area contributed by atoms with E-state index in [2.05, 4.69) is 17.2 Å². The molecule has 160 valence electrons. The number of aryl methyl sites for hydroxylation is 3. The van der Waals surface area contributed by atoms with Gasteiger partial charge in [0.2, 0.25) is 5.91 Å². The van der Waals surface area contributed by atoms with Crippen LogP contribution in [0.4, 0.5) is 0 Å². The van der Waals surface area contributed by atoms with Gasteiger partial charge in [-0.15, -0.1) is 11.3 Å². The molecule has 1 N–H and O–H groups in total. The fourth-order valence-corrected chi connectivity index (χ4v) is 4.69. The monoisotopic (exact) mass is 428 g/mol. The van der Waals surface area contributed by atoms with Crippen LogP contribution in [0.1, 0.15) is 53.9 Å². The molecule has 0 radical (unpaired) electrons. The molecule has 3 aromatic heterocycles. The van der Waals surface area contributed by atoms with Gasteiger partial charge in [-0.05, 0) is 49.3 Å². The number of carbonyl (C=O) groups excluding carboxylic acids is 1. The Morgan fingerprint density at radius 1 is 1.23 bits per heavy atom. The summed E-state index contributed by atoms with van der Waals surface area (Å²) >= 11 is 1.65. The van der Waals surface area contributed by atoms with Gasteiger partial charge in [-0.3, -0.25) is 18.7 Å². The molecule has 0 spiro atoms. The number of nitrogens with one attached hydrogen (secondary N) is 1. The van der Waals surface area contributed by atoms with E-state index in [1.54, 1.807) is 18.4 Å². The van der Waals surface area contributed by atoms with Crippen LogP contribution in [0.5, 0.6) is 0 Å². The Morgan fingerprint density at radius 3 is 2.60 bits per heavy atom. The van der Waals surface area contributed by atoms with E-state index in [0.717, 1.165) is 39.1 Å². The molecular weight excluding hydrogens is 400 g/mol. The topological polar surface area (TPSA) is 86.0 Å². The maximum atomic E-state index is 12.7. The quantitative estimate of drug-likeness (QED) is 0.627. The van der Waals surface area contributed by atoms with Crippen molar-refractivity contribution in [2.45, 2.75) is 52.5 Å². The van der Waals surface area contributed by atoms with E-state index in [9.17, 15) is 14.4 Å². The lowest BCUT2D eigenvalue weighted by Gasteiger charge is -2.18. The summed E-state index contributed by atoms with van der Waals surface area (Å²) in [5.74, 6) is -0.0193. The van der Waals surface area contributed by atoms with Gasteiger partial charge in [-0.1, -0.05) is 19.4 Å². The van der Waals surface area contributed by atoms with Gasteiger partial charge < -0.3 is 5.32 Å². The Labute approximate surface area is 179 Å². The number of hydrogen-bond acceptors (Lipinski definition) is 5. The molecule has 8 heteroatoms. The van der Waals surface area contributed by atoms with Crippen LogP contribution < -0.4 is 16.6 Å². The fraction of sp³-hybridized carbons (Fsp3) is 0.455. The summed E-state index contributed by atoms with van der Waals surface area (Å²) < 4.78 is 2.49. The highest BCUT2D eigenvalue weighted by Gasteiger charge is 2.19. The Balaban J connectivity index is 1.86. The van der Waals surface area contributed by atoms with E-state index >= 15 is 0 Å². The summed E-state index contributed by atoms with van der Waals surface area (Å²) in [6.07, 6.45) is 2.68. The third kappa shape index (κ3) is 4.09. The lowest BCUT2D eigenvalue weighted by Crippen LogP contribution is -2.38. The second-order valence-corrected chi connectivity index (χ2v) is 8.61. The highest BCUT2D eigenvalue weighted by Crippen LogP contribution is 2.24. The third-order valence-corrected chi connectivity index (χ3v) is 6.56. The van der Waals surface area contributed by atoms with E-state index in [4.69, 9.17) is 0 Å². The van der Waals surface area contributed by atoms with Gasteiger partial charge in [0.25, 0.3) is 5.56 Å². The first-order valence-corrected chi connectivity index (χ1v) is 11.0. The SMILES string of the molecule is CCC[C@@H](NC(=O)CCc1c(C)nc2c(c1C)c(=O)n(C)c(=O)n2C)c1cccs1. The van der Waals surface area contributed by atoms with Gasteiger partial charge in [0, 0.05) is 31.1 Å². The summed E-state index contributed by atoms with van der Waals surface area (Å²) in [6, 6.07) is 4.07. The summed E-state index contributed by atoms with van der Waals surface area (Å²) in [7, 11) is 3.08. The zero-order valence-electron chi connectivity index (χ0n) is 18.1. The highest BCUT2D eigenvalue weighted by molar-refractivity contribution is 7.10. The van der Waals surface area contributed by atoms with Gasteiger partial charge in [0.05, 0.1) is 11.4 Å². The molecular formula is C22H28N4O3S. The number of amides is 1. The number of rotatable bonds is 7. The van der Waals surface area contributed by atoms with Crippen molar-refractivity contribution in [1.82, 2.24) is 19.4 Å². The molecule has 0 fully saturated rings. The predicted molar refractivity (Wildman–Crippen MR) is 120 cm³/mol. The number of aromatic nitrogens is 3. The van der Waals surface area contributed by atoms with E-state index in [-0.39, 0.29) is 17.5 Å². The van der Waals surface area contributed by atoms with Gasteiger partial charge in [0.1, 0.15) is 5.65 Å². The second-order valence-electron chi connectivity index (χ2n) is 7.63. The minimum atomic E-state index is -0.401. The lowest BCUT2D eigenvalue weighted by atomic mass is 9.99. The zero-order valence-corrected chi connectivity index (χ0v) is 18.9. The largest absolute Gasteiger partial charge is 0.348 e. The standard InChI is InChI=1S/C22H28N4O3S/c1-6-8-16(17-9-7-12-30-17)24-18(27)11-10-15-13(2)19-20(23-14(15)3)25(4)22(29)26(5)21(19)28/h7,9,12,16H,6,8,10-11H2,1-5H3,(H,24,27)/t16-/m1/s1. The minimum absolute atomic E-state index is 0.0193. The Hall–Kier alpha value is -2.74. The van der Waals surface area contributed by atoms with Gasteiger partial charge in [0.15, 0.2) is 0 Å². The van der Waals surface area contributed by atoms with Crippen molar-refractivity contribution >= 4 is 28.3 Å². The fourth-order valence-electron chi connectivity index (χ4n) is 3.88. The maximum Gasteiger partial charge on any atom is 0.332 e. The molecule has 3 rings (SSSR count). The van der Waals surface area contributed by atoms with Crippen LogP contribution in [0, 0.1) is 13.8 Å². The zero-order chi connectivity index (χ0) is 22.0. The molecule has 0 aliphatic heterocycles. The van der Waals surface area contributed by atoms with Crippen LogP contribution in [0.15, 0.2) is 27.1 Å². The van der Waals surface area contributed by atoms with Crippen LogP contribution in [0.3, 0.4) is 0 Å². The van der Waals surface area contributed by atoms with Crippen LogP contribution in [0.2, 0.25) is 0 Å². The molecule has 0 saturated carbocycles. The molecule has 30 heavy (non-hydrogen) atoms. The van der Waals surface area contributed by atoms with Crippen molar-refractivity contribution in [3.63, 3.8) is 0 Å². The molecule has 3 heterocycles. The Kier molecular flexibility index (Phi) is 6.55. The van der Waals surface area contributed by atoms with Crippen LogP contribution in [-0.4, -0.2) is 20.0 Å². The molecule has 3 aromatic rings. The molecule has 0 bridgehead atoms. The van der Waals surface area contributed by atoms with Crippen LogP contribution in [0.25, 0.3) is 11.0 Å². The molecule has 0 aromatic carbocycles. The molecule has 1 amide bonds. The number of thiophene rings is 1. The first-order chi connectivity index (χ1) is 14.3. The first kappa shape index (κ1) is 22.0. The van der Waals surface area contributed by atoms with E-state index in [1.807, 2.05) is 31.4 Å². The van der Waals surface area contributed by atoms with E-state index < -0.39 is 5.69 Å². The Morgan fingerprint density at radius 2 is 1.97 bits per heavy atom. The second kappa shape index (κ2) is 8.95. The van der Waals surface area contributed by atoms with Gasteiger partial charge in [-0.2, -0.15) is 0 Å². The smallest absolute Gasteiger partial charge is 0.332 e. The molecule has 0 aliphatic carbocycles.